The lowest BCUT2D eigenvalue weighted by molar-refractivity contribution is -0.193. The first kappa shape index (κ1) is 22.5. The van der Waals surface area contributed by atoms with Gasteiger partial charge in [0.15, 0.2) is 0 Å². The van der Waals surface area contributed by atoms with Gasteiger partial charge in [0.2, 0.25) is 5.91 Å². The Morgan fingerprint density at radius 1 is 0.966 bits per heavy atom. The molecule has 2 aliphatic rings. The van der Waals surface area contributed by atoms with Gasteiger partial charge in [0.1, 0.15) is 0 Å². The Bertz CT molecular complexity index is 645. The molecule has 1 fully saturated rings. The highest BCUT2D eigenvalue weighted by Gasteiger charge is 2.24. The fourth-order valence-corrected chi connectivity index (χ4v) is 2.58. The van der Waals surface area contributed by atoms with Crippen LogP contribution in [0.25, 0.3) is 0 Å². The fourth-order valence-electron chi connectivity index (χ4n) is 2.58. The monoisotopic (exact) mass is 411 g/mol. The number of nitrogens with zero attached hydrogens (tertiary/aromatic N) is 2. The van der Waals surface area contributed by atoms with Gasteiger partial charge < -0.3 is 19.6 Å². The number of imide groups is 1. The molecule has 2 rings (SSSR count). The van der Waals surface area contributed by atoms with E-state index in [0.717, 1.165) is 9.96 Å². The molecule has 1 N–H and O–H groups in total. The van der Waals surface area contributed by atoms with Crippen molar-refractivity contribution < 1.29 is 38.3 Å². The normalized spacial score (nSPS) is 16.1. The van der Waals surface area contributed by atoms with Crippen LogP contribution in [0.5, 0.6) is 0 Å². The lowest BCUT2D eigenvalue weighted by Crippen LogP contribution is -2.35. The Labute approximate surface area is 167 Å². The second-order valence-electron chi connectivity index (χ2n) is 6.30. The number of nitrogens with one attached hydrogen (secondary N) is 1. The van der Waals surface area contributed by atoms with Gasteiger partial charge in [-0.25, -0.2) is 4.79 Å². The van der Waals surface area contributed by atoms with E-state index < -0.39 is 17.8 Å². The summed E-state index contributed by atoms with van der Waals surface area (Å²) in [6, 6.07) is 0. The van der Waals surface area contributed by atoms with Gasteiger partial charge in [-0.1, -0.05) is 0 Å². The summed E-state index contributed by atoms with van der Waals surface area (Å²) in [7, 11) is 0. The number of carbonyl (C=O) groups is 5. The highest BCUT2D eigenvalue weighted by atomic mass is 16.7. The standard InChI is InChI=1S/C18H25N3O8/c22-14(5-9-20-15(23)3-4-16(20)24)19-7-11-28-13-12-27-10-6-18(26)29-21-8-1-2-17(21)25/h3-4H,1-2,5-13H2,(H,19,22). The van der Waals surface area contributed by atoms with Crippen molar-refractivity contribution in [2.75, 3.05) is 46.1 Å². The molecular formula is C18H25N3O8. The third-order valence-electron chi connectivity index (χ3n) is 4.10. The molecule has 0 radical (unpaired) electrons. The number of hydrogen-bond acceptors (Lipinski definition) is 8. The minimum atomic E-state index is -0.517. The average Bonchev–Trinajstić information content (AvgIpc) is 3.23. The van der Waals surface area contributed by atoms with Gasteiger partial charge in [-0.05, 0) is 6.42 Å². The number of carbonyl (C=O) groups excluding carboxylic acids is 5. The van der Waals surface area contributed by atoms with Gasteiger partial charge in [0, 0.05) is 38.1 Å². The van der Waals surface area contributed by atoms with Gasteiger partial charge in [-0.15, -0.1) is 0 Å². The predicted molar refractivity (Wildman–Crippen MR) is 96.8 cm³/mol. The van der Waals surface area contributed by atoms with Crippen molar-refractivity contribution >= 4 is 29.6 Å². The Balaban J connectivity index is 1.38. The van der Waals surface area contributed by atoms with E-state index in [0.29, 0.717) is 19.4 Å². The number of amides is 4. The molecule has 11 heteroatoms. The summed E-state index contributed by atoms with van der Waals surface area (Å²) >= 11 is 0. The van der Waals surface area contributed by atoms with Crippen LogP contribution in [0.2, 0.25) is 0 Å². The zero-order valence-corrected chi connectivity index (χ0v) is 16.1. The molecule has 0 aromatic carbocycles. The van der Waals surface area contributed by atoms with Gasteiger partial charge in [-0.2, -0.15) is 5.06 Å². The predicted octanol–water partition coefficient (Wildman–Crippen LogP) is -1.08. The van der Waals surface area contributed by atoms with Crippen molar-refractivity contribution in [2.45, 2.75) is 25.7 Å². The Hall–Kier alpha value is -2.79. The quantitative estimate of drug-likeness (QED) is 0.299. The summed E-state index contributed by atoms with van der Waals surface area (Å²) in [6.07, 6.45) is 3.51. The molecular weight excluding hydrogens is 386 g/mol. The summed E-state index contributed by atoms with van der Waals surface area (Å²) in [6.45, 7) is 1.76. The molecule has 0 unspecified atom stereocenters. The van der Waals surface area contributed by atoms with Crippen molar-refractivity contribution in [3.8, 4) is 0 Å². The first-order valence-electron chi connectivity index (χ1n) is 9.44. The Kier molecular flexibility index (Phi) is 9.25. The maximum Gasteiger partial charge on any atom is 0.334 e. The minimum Gasteiger partial charge on any atom is -0.378 e. The lowest BCUT2D eigenvalue weighted by Gasteiger charge is -2.14. The molecule has 29 heavy (non-hydrogen) atoms. The Morgan fingerprint density at radius 2 is 1.66 bits per heavy atom. The molecule has 0 aromatic heterocycles. The van der Waals surface area contributed by atoms with Crippen LogP contribution in [0.1, 0.15) is 25.7 Å². The zero-order valence-electron chi connectivity index (χ0n) is 16.1. The smallest absolute Gasteiger partial charge is 0.334 e. The molecule has 11 nitrogen and oxygen atoms in total. The summed E-state index contributed by atoms with van der Waals surface area (Å²) in [4.78, 5) is 63.1. The largest absolute Gasteiger partial charge is 0.378 e. The summed E-state index contributed by atoms with van der Waals surface area (Å²) in [5.74, 6) is -1.81. The number of hydrogen-bond donors (Lipinski definition) is 1. The van der Waals surface area contributed by atoms with Crippen LogP contribution in [0.3, 0.4) is 0 Å². The highest BCUT2D eigenvalue weighted by Crippen LogP contribution is 2.10. The van der Waals surface area contributed by atoms with Gasteiger partial charge in [0.25, 0.3) is 17.7 Å². The van der Waals surface area contributed by atoms with E-state index in [4.69, 9.17) is 14.3 Å². The van der Waals surface area contributed by atoms with E-state index in [1.807, 2.05) is 0 Å². The first-order valence-corrected chi connectivity index (χ1v) is 9.44. The van der Waals surface area contributed by atoms with Crippen LogP contribution < -0.4 is 5.32 Å². The highest BCUT2D eigenvalue weighted by molar-refractivity contribution is 6.13. The third kappa shape index (κ3) is 8.00. The summed E-state index contributed by atoms with van der Waals surface area (Å²) < 4.78 is 10.5. The van der Waals surface area contributed by atoms with Crippen molar-refractivity contribution in [1.82, 2.24) is 15.3 Å². The van der Waals surface area contributed by atoms with Crippen LogP contribution in [0.4, 0.5) is 0 Å². The molecule has 4 amide bonds. The van der Waals surface area contributed by atoms with Crippen molar-refractivity contribution in [2.24, 2.45) is 0 Å². The van der Waals surface area contributed by atoms with Crippen LogP contribution >= 0.6 is 0 Å². The van der Waals surface area contributed by atoms with E-state index in [-0.39, 0.29) is 64.2 Å². The fraction of sp³-hybridized carbons (Fsp3) is 0.611. The third-order valence-corrected chi connectivity index (χ3v) is 4.10. The SMILES string of the molecule is O=C(CCN1C(=O)C=CC1=O)NCCOCCOCCC(=O)ON1CCCC1=O. The van der Waals surface area contributed by atoms with Crippen LogP contribution in [0.15, 0.2) is 12.2 Å². The van der Waals surface area contributed by atoms with E-state index in [9.17, 15) is 24.0 Å². The average molecular weight is 411 g/mol. The lowest BCUT2D eigenvalue weighted by atomic mass is 10.3. The topological polar surface area (TPSA) is 132 Å². The van der Waals surface area contributed by atoms with Crippen LogP contribution in [-0.2, 0) is 38.3 Å². The number of rotatable bonds is 13. The molecule has 160 valence electrons. The van der Waals surface area contributed by atoms with E-state index in [1.54, 1.807) is 0 Å². The van der Waals surface area contributed by atoms with Crippen molar-refractivity contribution in [3.05, 3.63) is 12.2 Å². The number of ether oxygens (including phenoxy) is 2. The van der Waals surface area contributed by atoms with Gasteiger partial charge in [0.05, 0.1) is 39.4 Å². The molecule has 0 aromatic rings. The molecule has 0 saturated carbocycles. The van der Waals surface area contributed by atoms with Crippen molar-refractivity contribution in [1.29, 1.82) is 0 Å². The zero-order chi connectivity index (χ0) is 21.1. The van der Waals surface area contributed by atoms with Gasteiger partial charge in [-0.3, -0.25) is 24.1 Å². The second kappa shape index (κ2) is 11.9. The molecule has 0 aliphatic carbocycles. The molecule has 1 saturated heterocycles. The maximum absolute atomic E-state index is 11.7. The maximum atomic E-state index is 11.7. The minimum absolute atomic E-state index is 0.0292. The molecule has 0 atom stereocenters. The molecule has 2 aliphatic heterocycles. The summed E-state index contributed by atoms with van der Waals surface area (Å²) in [5, 5.41) is 3.70. The Morgan fingerprint density at radius 3 is 2.31 bits per heavy atom. The van der Waals surface area contributed by atoms with E-state index >= 15 is 0 Å². The van der Waals surface area contributed by atoms with E-state index in [1.165, 1.54) is 12.2 Å². The van der Waals surface area contributed by atoms with Crippen LogP contribution in [0, 0.1) is 0 Å². The molecule has 2 heterocycles. The van der Waals surface area contributed by atoms with Crippen LogP contribution in [-0.4, -0.2) is 85.6 Å². The summed E-state index contributed by atoms with van der Waals surface area (Å²) in [5.41, 5.74) is 0. The molecule has 0 spiro atoms. The van der Waals surface area contributed by atoms with Crippen molar-refractivity contribution in [3.63, 3.8) is 0 Å². The molecule has 0 bridgehead atoms. The first-order chi connectivity index (χ1) is 14.0. The number of hydroxylamine groups is 2. The van der Waals surface area contributed by atoms with E-state index in [2.05, 4.69) is 5.32 Å². The second-order valence-corrected chi connectivity index (χ2v) is 6.30. The van der Waals surface area contributed by atoms with Gasteiger partial charge >= 0.3 is 5.97 Å².